The van der Waals surface area contributed by atoms with Crippen LogP contribution >= 0.6 is 11.6 Å². The molecule has 0 aliphatic rings. The first-order chi connectivity index (χ1) is 14.8. The first kappa shape index (κ1) is 20.9. The van der Waals surface area contributed by atoms with E-state index in [2.05, 4.69) is 15.4 Å². The smallest absolute Gasteiger partial charge is 0.344 e. The fourth-order valence-corrected chi connectivity index (χ4v) is 3.43. The number of benzene rings is 2. The summed E-state index contributed by atoms with van der Waals surface area (Å²) >= 11 is 6.29. The van der Waals surface area contributed by atoms with Crippen molar-refractivity contribution < 1.29 is 18.0 Å². The third kappa shape index (κ3) is 4.11. The Hall–Kier alpha value is -3.39. The van der Waals surface area contributed by atoms with Crippen LogP contribution in [0.4, 0.5) is 13.2 Å². The van der Waals surface area contributed by atoms with Crippen molar-refractivity contribution in [2.75, 3.05) is 0 Å². The van der Waals surface area contributed by atoms with E-state index in [9.17, 15) is 18.0 Å². The average Bonchev–Trinajstić information content (AvgIpc) is 3.10. The molecular weight excluding hydrogens is 429 g/mol. The van der Waals surface area contributed by atoms with Gasteiger partial charge in [0.2, 0.25) is 0 Å². The van der Waals surface area contributed by atoms with E-state index >= 15 is 0 Å². The normalized spacial score (nSPS) is 12.7. The monoisotopic (exact) mass is 444 g/mol. The summed E-state index contributed by atoms with van der Waals surface area (Å²) in [5, 5.41) is 6.31. The van der Waals surface area contributed by atoms with Gasteiger partial charge in [-0.1, -0.05) is 72.3 Å². The summed E-state index contributed by atoms with van der Waals surface area (Å²) in [6.07, 6.45) is -4.73. The zero-order valence-corrected chi connectivity index (χ0v) is 16.9. The second-order valence-corrected chi connectivity index (χ2v) is 7.27. The lowest BCUT2D eigenvalue weighted by Crippen LogP contribution is -2.27. The van der Waals surface area contributed by atoms with Crippen molar-refractivity contribution in [3.8, 4) is 11.3 Å². The predicted molar refractivity (Wildman–Crippen MR) is 111 cm³/mol. The van der Waals surface area contributed by atoms with Crippen molar-refractivity contribution in [1.29, 1.82) is 0 Å². The molecule has 0 spiro atoms. The Kier molecular flexibility index (Phi) is 5.41. The van der Waals surface area contributed by atoms with Crippen LogP contribution in [-0.2, 0) is 6.18 Å². The maximum absolute atomic E-state index is 13.8. The molecule has 0 saturated heterocycles. The summed E-state index contributed by atoms with van der Waals surface area (Å²) in [7, 11) is 0. The molecule has 1 atom stereocenters. The van der Waals surface area contributed by atoms with E-state index in [1.807, 2.05) is 30.3 Å². The lowest BCUT2D eigenvalue weighted by molar-refractivity contribution is -0.142. The fraction of sp³-hybridized carbons (Fsp3) is 0.136. The molecule has 0 aliphatic heterocycles. The molecule has 158 valence electrons. The highest BCUT2D eigenvalue weighted by Crippen LogP contribution is 2.34. The minimum atomic E-state index is -4.73. The standard InChI is InChI=1S/C22H16ClF3N4O/c1-13(14-8-4-2-5-9-14)27-21(31)19-18(23)20-28-16(15-10-6-3-7-11-15)12-17(22(24,25)26)30(20)29-19/h2-13H,1H3,(H,27,31)/t13-/m0/s1. The number of fused-ring (bicyclic) bond motifs is 1. The third-order valence-corrected chi connectivity index (χ3v) is 5.10. The quantitative estimate of drug-likeness (QED) is 0.448. The first-order valence-corrected chi connectivity index (χ1v) is 9.71. The predicted octanol–water partition coefficient (Wildman–Crippen LogP) is 5.56. The minimum absolute atomic E-state index is 0.0758. The van der Waals surface area contributed by atoms with Crippen molar-refractivity contribution in [1.82, 2.24) is 19.9 Å². The number of halogens is 4. The Bertz CT molecular complexity index is 1240. The van der Waals surface area contributed by atoms with Crippen molar-refractivity contribution >= 4 is 23.2 Å². The van der Waals surface area contributed by atoms with Crippen molar-refractivity contribution in [3.05, 3.63) is 88.7 Å². The zero-order valence-electron chi connectivity index (χ0n) is 16.2. The van der Waals surface area contributed by atoms with Gasteiger partial charge >= 0.3 is 6.18 Å². The summed E-state index contributed by atoms with van der Waals surface area (Å²) in [4.78, 5) is 17.0. The molecule has 0 saturated carbocycles. The highest BCUT2D eigenvalue weighted by molar-refractivity contribution is 6.36. The van der Waals surface area contributed by atoms with Gasteiger partial charge in [0.05, 0.1) is 11.7 Å². The van der Waals surface area contributed by atoms with Crippen molar-refractivity contribution in [2.24, 2.45) is 0 Å². The Labute approximate surface area is 180 Å². The Morgan fingerprint density at radius 2 is 1.68 bits per heavy atom. The van der Waals surface area contributed by atoms with Gasteiger partial charge in [-0.05, 0) is 18.6 Å². The molecule has 0 bridgehead atoms. The molecule has 0 aliphatic carbocycles. The van der Waals surface area contributed by atoms with Crippen LogP contribution in [0.25, 0.3) is 16.9 Å². The van der Waals surface area contributed by atoms with E-state index in [4.69, 9.17) is 11.6 Å². The van der Waals surface area contributed by atoms with Crippen molar-refractivity contribution in [2.45, 2.75) is 19.1 Å². The van der Waals surface area contributed by atoms with Gasteiger partial charge in [-0.15, -0.1) is 0 Å². The summed E-state index contributed by atoms with van der Waals surface area (Å²) in [6, 6.07) is 18.0. The second-order valence-electron chi connectivity index (χ2n) is 6.89. The number of carbonyl (C=O) groups is 1. The van der Waals surface area contributed by atoms with Crippen molar-refractivity contribution in [3.63, 3.8) is 0 Å². The molecule has 2 aromatic heterocycles. The molecule has 5 nitrogen and oxygen atoms in total. The van der Waals surface area contributed by atoms with E-state index in [1.165, 1.54) is 0 Å². The molecule has 9 heteroatoms. The van der Waals surface area contributed by atoms with E-state index in [0.29, 0.717) is 10.1 Å². The molecule has 4 rings (SSSR count). The first-order valence-electron chi connectivity index (χ1n) is 9.33. The van der Waals surface area contributed by atoms with Crippen LogP contribution in [0.5, 0.6) is 0 Å². The summed E-state index contributed by atoms with van der Waals surface area (Å²) in [6.45, 7) is 1.75. The number of alkyl halides is 3. The maximum Gasteiger partial charge on any atom is 0.433 e. The number of aromatic nitrogens is 3. The van der Waals surface area contributed by atoms with Crippen LogP contribution in [0.2, 0.25) is 5.02 Å². The summed E-state index contributed by atoms with van der Waals surface area (Å²) < 4.78 is 41.8. The Morgan fingerprint density at radius 1 is 1.06 bits per heavy atom. The SMILES string of the molecule is C[C@H](NC(=O)c1nn2c(C(F)(F)F)cc(-c3ccccc3)nc2c1Cl)c1ccccc1. The molecule has 31 heavy (non-hydrogen) atoms. The van der Waals surface area contributed by atoms with Crippen LogP contribution in [0, 0.1) is 0 Å². The molecular formula is C22H16ClF3N4O. The second kappa shape index (κ2) is 8.03. The van der Waals surface area contributed by atoms with Crippen LogP contribution in [-0.4, -0.2) is 20.5 Å². The number of amides is 1. The Morgan fingerprint density at radius 3 is 2.29 bits per heavy atom. The number of hydrogen-bond acceptors (Lipinski definition) is 3. The van der Waals surface area contributed by atoms with Crippen LogP contribution in [0.15, 0.2) is 66.7 Å². The van der Waals surface area contributed by atoms with Crippen LogP contribution in [0.3, 0.4) is 0 Å². The lowest BCUT2D eigenvalue weighted by Gasteiger charge is -2.13. The maximum atomic E-state index is 13.8. The molecule has 0 unspecified atom stereocenters. The van der Waals surface area contributed by atoms with Gasteiger partial charge < -0.3 is 5.32 Å². The van der Waals surface area contributed by atoms with Gasteiger partial charge in [-0.2, -0.15) is 18.3 Å². The highest BCUT2D eigenvalue weighted by atomic mass is 35.5. The molecule has 4 aromatic rings. The largest absolute Gasteiger partial charge is 0.433 e. The summed E-state index contributed by atoms with van der Waals surface area (Å²) in [5.41, 5.74) is -0.256. The summed E-state index contributed by atoms with van der Waals surface area (Å²) in [5.74, 6) is -0.693. The van der Waals surface area contributed by atoms with Gasteiger partial charge in [-0.25, -0.2) is 9.50 Å². The molecule has 2 aromatic carbocycles. The fourth-order valence-electron chi connectivity index (χ4n) is 3.19. The van der Waals surface area contributed by atoms with E-state index in [0.717, 1.165) is 11.6 Å². The topological polar surface area (TPSA) is 59.3 Å². The van der Waals surface area contributed by atoms with Crippen LogP contribution in [0.1, 0.15) is 34.7 Å². The zero-order chi connectivity index (χ0) is 22.2. The van der Waals surface area contributed by atoms with Gasteiger partial charge in [0.25, 0.3) is 5.91 Å². The molecule has 1 amide bonds. The number of rotatable bonds is 4. The molecule has 0 radical (unpaired) electrons. The third-order valence-electron chi connectivity index (χ3n) is 4.76. The number of nitrogens with zero attached hydrogens (tertiary/aromatic N) is 3. The minimum Gasteiger partial charge on any atom is -0.344 e. The lowest BCUT2D eigenvalue weighted by atomic mass is 10.1. The average molecular weight is 445 g/mol. The molecule has 2 heterocycles. The van der Waals surface area contributed by atoms with E-state index < -0.39 is 23.8 Å². The number of carbonyl (C=O) groups excluding carboxylic acids is 1. The van der Waals surface area contributed by atoms with Gasteiger partial charge in [0, 0.05) is 5.56 Å². The highest BCUT2D eigenvalue weighted by Gasteiger charge is 2.36. The van der Waals surface area contributed by atoms with Gasteiger partial charge in [-0.3, -0.25) is 4.79 Å². The van der Waals surface area contributed by atoms with E-state index in [1.54, 1.807) is 37.3 Å². The number of hydrogen-bond donors (Lipinski definition) is 1. The van der Waals surface area contributed by atoms with Gasteiger partial charge in [0.15, 0.2) is 17.0 Å². The van der Waals surface area contributed by atoms with E-state index in [-0.39, 0.29) is 22.1 Å². The Balaban J connectivity index is 1.79. The van der Waals surface area contributed by atoms with Gasteiger partial charge in [0.1, 0.15) is 5.02 Å². The number of nitrogens with one attached hydrogen (secondary N) is 1. The molecule has 0 fully saturated rings. The van der Waals surface area contributed by atoms with Crippen LogP contribution < -0.4 is 5.32 Å². The molecule has 1 N–H and O–H groups in total.